The first kappa shape index (κ1) is 13.5. The number of halogens is 1. The molecule has 0 aromatic carbocycles. The lowest BCUT2D eigenvalue weighted by molar-refractivity contribution is 0.0154. The lowest BCUT2D eigenvalue weighted by atomic mass is 9.93. The number of piperazine rings is 1. The van der Waals surface area contributed by atoms with Gasteiger partial charge in [0.15, 0.2) is 0 Å². The maximum absolute atomic E-state index is 3.46. The monoisotopic (exact) mass is 364 g/mol. The minimum absolute atomic E-state index is 0.883. The molecule has 5 heteroatoms. The molecule has 3 fully saturated rings. The van der Waals surface area contributed by atoms with Crippen molar-refractivity contribution in [3.8, 4) is 0 Å². The quantitative estimate of drug-likeness (QED) is 0.586. The van der Waals surface area contributed by atoms with Gasteiger partial charge in [-0.25, -0.2) is 3.11 Å². The lowest BCUT2D eigenvalue weighted by Gasteiger charge is -2.47. The van der Waals surface area contributed by atoms with E-state index in [0.29, 0.717) is 0 Å². The van der Waals surface area contributed by atoms with Crippen LogP contribution in [0.3, 0.4) is 0 Å². The lowest BCUT2D eigenvalue weighted by Crippen LogP contribution is -2.58. The molecule has 4 nitrogen and oxygen atoms in total. The van der Waals surface area contributed by atoms with Crippen LogP contribution in [0.15, 0.2) is 0 Å². The third kappa shape index (κ3) is 3.36. The maximum atomic E-state index is 3.46. The number of piperidine rings is 1. The first-order valence-electron chi connectivity index (χ1n) is 7.39. The van der Waals surface area contributed by atoms with Crippen molar-refractivity contribution >= 4 is 22.9 Å². The van der Waals surface area contributed by atoms with Gasteiger partial charge in [0.2, 0.25) is 0 Å². The van der Waals surface area contributed by atoms with Gasteiger partial charge in [-0.2, -0.15) is 0 Å². The highest BCUT2D eigenvalue weighted by Crippen LogP contribution is 2.24. The Kier molecular flexibility index (Phi) is 4.78. The van der Waals surface area contributed by atoms with Gasteiger partial charge in [0.05, 0.1) is 0 Å². The van der Waals surface area contributed by atoms with Gasteiger partial charge in [-0.3, -0.25) is 4.90 Å². The first-order valence-corrected chi connectivity index (χ1v) is 8.35. The molecular formula is C13H25IN4. The highest BCUT2D eigenvalue weighted by Gasteiger charge is 2.33. The minimum atomic E-state index is 0.883. The molecule has 0 amide bonds. The number of rotatable bonds is 3. The minimum Gasteiger partial charge on any atom is -0.317 e. The molecule has 3 aliphatic heterocycles. The molecule has 3 aliphatic rings. The molecule has 0 aromatic rings. The van der Waals surface area contributed by atoms with E-state index in [2.05, 4.69) is 41.1 Å². The maximum Gasteiger partial charge on any atom is 0.0209 e. The largest absolute Gasteiger partial charge is 0.317 e. The molecule has 0 unspecified atom stereocenters. The average molecular weight is 364 g/mol. The van der Waals surface area contributed by atoms with Crippen molar-refractivity contribution in [2.75, 3.05) is 58.9 Å². The number of hydrogen-bond acceptors (Lipinski definition) is 4. The predicted octanol–water partition coefficient (Wildman–Crippen LogP) is 0.638. The summed E-state index contributed by atoms with van der Waals surface area (Å²) < 4.78 is 2.41. The third-order valence-corrected chi connectivity index (χ3v) is 5.61. The first-order chi connectivity index (χ1) is 8.81. The Bertz CT molecular complexity index is 256. The topological polar surface area (TPSA) is 21.8 Å². The van der Waals surface area contributed by atoms with E-state index in [4.69, 9.17) is 0 Å². The van der Waals surface area contributed by atoms with Crippen molar-refractivity contribution in [3.05, 3.63) is 0 Å². The molecule has 0 aliphatic carbocycles. The zero-order valence-electron chi connectivity index (χ0n) is 11.2. The second kappa shape index (κ2) is 6.35. The molecule has 0 radical (unpaired) electrons. The fourth-order valence-corrected chi connectivity index (χ4v) is 3.90. The molecule has 18 heavy (non-hydrogen) atoms. The van der Waals surface area contributed by atoms with Crippen LogP contribution in [0.5, 0.6) is 0 Å². The van der Waals surface area contributed by atoms with Crippen molar-refractivity contribution in [1.82, 2.24) is 18.2 Å². The third-order valence-electron chi connectivity index (χ3n) is 4.64. The van der Waals surface area contributed by atoms with Crippen LogP contribution in [0.25, 0.3) is 0 Å². The molecule has 0 spiro atoms. The number of nitrogens with one attached hydrogen (secondary N) is 1. The van der Waals surface area contributed by atoms with E-state index in [1.165, 1.54) is 71.7 Å². The van der Waals surface area contributed by atoms with E-state index in [9.17, 15) is 0 Å². The Balaban J connectivity index is 1.35. The summed E-state index contributed by atoms with van der Waals surface area (Å²) in [6.07, 6.45) is 2.72. The highest BCUT2D eigenvalue weighted by atomic mass is 127. The van der Waals surface area contributed by atoms with Crippen molar-refractivity contribution in [2.45, 2.75) is 18.9 Å². The van der Waals surface area contributed by atoms with Gasteiger partial charge in [0.25, 0.3) is 0 Å². The molecule has 0 saturated carbocycles. The fourth-order valence-electron chi connectivity index (χ4n) is 3.47. The van der Waals surface area contributed by atoms with E-state index in [-0.39, 0.29) is 0 Å². The Morgan fingerprint density at radius 1 is 1.00 bits per heavy atom. The van der Waals surface area contributed by atoms with Crippen LogP contribution in [0.2, 0.25) is 0 Å². The molecular weight excluding hydrogens is 339 g/mol. The Labute approximate surface area is 125 Å². The molecule has 3 heterocycles. The summed E-state index contributed by atoms with van der Waals surface area (Å²) in [5, 5.41) is 3.46. The molecule has 3 rings (SSSR count). The SMILES string of the molecule is IN1CCN(CC2CN(C3CCNCC3)C2)CC1. The average Bonchev–Trinajstić information content (AvgIpc) is 2.36. The van der Waals surface area contributed by atoms with Gasteiger partial charge in [0.1, 0.15) is 0 Å². The van der Waals surface area contributed by atoms with Crippen molar-refractivity contribution in [1.29, 1.82) is 0 Å². The zero-order valence-corrected chi connectivity index (χ0v) is 13.3. The summed E-state index contributed by atoms with van der Waals surface area (Å²) in [5.74, 6) is 0.945. The molecule has 0 bridgehead atoms. The summed E-state index contributed by atoms with van der Waals surface area (Å²) in [6, 6.07) is 0.883. The van der Waals surface area contributed by atoms with Crippen LogP contribution in [-0.4, -0.2) is 77.9 Å². The van der Waals surface area contributed by atoms with E-state index in [1.807, 2.05) is 0 Å². The van der Waals surface area contributed by atoms with Crippen LogP contribution >= 0.6 is 22.9 Å². The van der Waals surface area contributed by atoms with Gasteiger partial charge < -0.3 is 10.2 Å². The zero-order chi connectivity index (χ0) is 12.4. The van der Waals surface area contributed by atoms with Crippen LogP contribution in [-0.2, 0) is 0 Å². The number of hydrogen-bond donors (Lipinski definition) is 1. The summed E-state index contributed by atoms with van der Waals surface area (Å²) in [6.45, 7) is 11.5. The Hall–Kier alpha value is 0.570. The second-order valence-electron chi connectivity index (χ2n) is 6.01. The standard InChI is InChI=1S/C13H25IN4/c14-18-7-5-16(6-8-18)9-12-10-17(11-12)13-1-3-15-4-2-13/h12-13,15H,1-11H2. The molecule has 0 aromatic heterocycles. The molecule has 3 saturated heterocycles. The normalized spacial score (nSPS) is 30.5. The van der Waals surface area contributed by atoms with Gasteiger partial charge in [-0.1, -0.05) is 0 Å². The van der Waals surface area contributed by atoms with Crippen LogP contribution in [0, 0.1) is 5.92 Å². The highest BCUT2D eigenvalue weighted by molar-refractivity contribution is 14.1. The Morgan fingerprint density at radius 3 is 2.33 bits per heavy atom. The summed E-state index contributed by atoms with van der Waals surface area (Å²) >= 11 is 2.45. The van der Waals surface area contributed by atoms with E-state index >= 15 is 0 Å². The van der Waals surface area contributed by atoms with E-state index in [0.717, 1.165) is 12.0 Å². The molecule has 1 N–H and O–H groups in total. The number of likely N-dealkylation sites (tertiary alicyclic amines) is 1. The molecule has 0 atom stereocenters. The van der Waals surface area contributed by atoms with Gasteiger partial charge in [-0.05, 0) is 31.8 Å². The van der Waals surface area contributed by atoms with Crippen molar-refractivity contribution in [3.63, 3.8) is 0 Å². The van der Waals surface area contributed by atoms with Gasteiger partial charge in [-0.15, -0.1) is 0 Å². The van der Waals surface area contributed by atoms with Crippen LogP contribution in [0.1, 0.15) is 12.8 Å². The second-order valence-corrected chi connectivity index (χ2v) is 7.38. The smallest absolute Gasteiger partial charge is 0.0209 e. The predicted molar refractivity (Wildman–Crippen MR) is 83.0 cm³/mol. The van der Waals surface area contributed by atoms with Gasteiger partial charge >= 0.3 is 0 Å². The van der Waals surface area contributed by atoms with Crippen molar-refractivity contribution in [2.24, 2.45) is 5.92 Å². The summed E-state index contributed by atoms with van der Waals surface area (Å²) in [4.78, 5) is 5.39. The number of nitrogens with zero attached hydrogens (tertiary/aromatic N) is 3. The molecule has 104 valence electrons. The van der Waals surface area contributed by atoms with Crippen LogP contribution in [0.4, 0.5) is 0 Å². The van der Waals surface area contributed by atoms with Crippen molar-refractivity contribution < 1.29 is 0 Å². The van der Waals surface area contributed by atoms with Gasteiger partial charge in [0, 0.05) is 74.7 Å². The van der Waals surface area contributed by atoms with Crippen LogP contribution < -0.4 is 5.32 Å². The van der Waals surface area contributed by atoms with E-state index in [1.54, 1.807) is 0 Å². The Morgan fingerprint density at radius 2 is 1.67 bits per heavy atom. The fraction of sp³-hybridized carbons (Fsp3) is 1.00. The summed E-state index contributed by atoms with van der Waals surface area (Å²) in [7, 11) is 0. The summed E-state index contributed by atoms with van der Waals surface area (Å²) in [5.41, 5.74) is 0. The van der Waals surface area contributed by atoms with E-state index < -0.39 is 0 Å².